The first-order valence-corrected chi connectivity index (χ1v) is 10.2. The van der Waals surface area contributed by atoms with Crippen LogP contribution < -0.4 is 14.7 Å². The van der Waals surface area contributed by atoms with Gasteiger partial charge in [-0.1, -0.05) is 0 Å². The lowest BCUT2D eigenvalue weighted by molar-refractivity contribution is 0.415. The molecule has 1 fully saturated rings. The lowest BCUT2D eigenvalue weighted by atomic mass is 10.2. The molecule has 0 bridgehead atoms. The zero-order chi connectivity index (χ0) is 19.2. The maximum atomic E-state index is 13.5. The molecule has 0 radical (unpaired) electrons. The summed E-state index contributed by atoms with van der Waals surface area (Å²) in [4.78, 5) is 16.9. The van der Waals surface area contributed by atoms with Gasteiger partial charge in [0, 0.05) is 6.04 Å². The maximum absolute atomic E-state index is 13.5. The molecule has 1 aliphatic rings. The Bertz CT molecular complexity index is 1130. The van der Waals surface area contributed by atoms with Gasteiger partial charge in [-0.25, -0.2) is 13.2 Å². The number of nitrogens with one attached hydrogen (secondary N) is 2. The average molecular weight is 387 g/mol. The van der Waals surface area contributed by atoms with Gasteiger partial charge in [0.05, 0.1) is 28.7 Å². The predicted molar refractivity (Wildman–Crippen MR) is 104 cm³/mol. The van der Waals surface area contributed by atoms with Crippen LogP contribution in [0.1, 0.15) is 19.8 Å². The van der Waals surface area contributed by atoms with E-state index in [2.05, 4.69) is 9.97 Å². The molecule has 1 aromatic heterocycles. The molecule has 0 spiro atoms. The molecule has 27 heavy (non-hydrogen) atoms. The molecule has 3 aromatic rings. The minimum absolute atomic E-state index is 0.147. The third-order valence-electron chi connectivity index (χ3n) is 5.05. The van der Waals surface area contributed by atoms with E-state index in [9.17, 15) is 13.2 Å². The molecular weight excluding hydrogens is 366 g/mol. The number of H-pyrrole nitrogens is 2. The molecule has 0 unspecified atom stereocenters. The van der Waals surface area contributed by atoms with Crippen LogP contribution in [-0.4, -0.2) is 31.5 Å². The molecule has 0 aliphatic heterocycles. The normalized spacial score (nSPS) is 15.6. The van der Waals surface area contributed by atoms with E-state index >= 15 is 0 Å². The Morgan fingerprint density at radius 1 is 1.07 bits per heavy atom. The minimum atomic E-state index is -3.80. The molecule has 1 aliphatic carbocycles. The first kappa shape index (κ1) is 17.7. The first-order valence-electron chi connectivity index (χ1n) is 8.80. The highest BCUT2D eigenvalue weighted by molar-refractivity contribution is 7.92. The number of aromatic nitrogens is 2. The molecule has 0 amide bonds. The Morgan fingerprint density at radius 3 is 2.37 bits per heavy atom. The number of ether oxygens (including phenoxy) is 1. The number of aromatic amines is 2. The Morgan fingerprint density at radius 2 is 1.74 bits per heavy atom. The second-order valence-corrected chi connectivity index (χ2v) is 8.68. The van der Waals surface area contributed by atoms with Crippen LogP contribution in [0.15, 0.2) is 52.2 Å². The van der Waals surface area contributed by atoms with Crippen molar-refractivity contribution in [1.82, 2.24) is 9.97 Å². The molecule has 0 saturated heterocycles. The molecule has 2 aromatic carbocycles. The number of hydrogen-bond acceptors (Lipinski definition) is 4. The highest BCUT2D eigenvalue weighted by Crippen LogP contribution is 2.39. The fourth-order valence-corrected chi connectivity index (χ4v) is 5.12. The number of nitrogens with zero attached hydrogens (tertiary/aromatic N) is 1. The van der Waals surface area contributed by atoms with E-state index in [4.69, 9.17) is 4.74 Å². The van der Waals surface area contributed by atoms with Crippen molar-refractivity contribution in [2.45, 2.75) is 30.7 Å². The summed E-state index contributed by atoms with van der Waals surface area (Å²) in [5, 5.41) is 0. The lowest BCUT2D eigenvalue weighted by Crippen LogP contribution is -2.40. The second-order valence-electron chi connectivity index (χ2n) is 6.86. The topological polar surface area (TPSA) is 95.3 Å². The minimum Gasteiger partial charge on any atom is -0.497 e. The highest BCUT2D eigenvalue weighted by Gasteiger charge is 2.38. The van der Waals surface area contributed by atoms with Crippen LogP contribution in [0.5, 0.6) is 5.75 Å². The van der Waals surface area contributed by atoms with Crippen molar-refractivity contribution in [3.63, 3.8) is 0 Å². The van der Waals surface area contributed by atoms with Crippen molar-refractivity contribution in [1.29, 1.82) is 0 Å². The quantitative estimate of drug-likeness (QED) is 0.680. The second kappa shape index (κ2) is 6.45. The van der Waals surface area contributed by atoms with Crippen LogP contribution in [0.25, 0.3) is 11.0 Å². The number of imidazole rings is 1. The number of anilines is 1. The SMILES string of the molecule is COc1ccc(N([C@H](C)C2CC2)S(=O)(=O)c2ccc3[nH]c(=O)[nH]c3c2)cc1. The van der Waals surface area contributed by atoms with Crippen molar-refractivity contribution in [3.8, 4) is 5.75 Å². The lowest BCUT2D eigenvalue weighted by Gasteiger charge is -2.31. The summed E-state index contributed by atoms with van der Waals surface area (Å²) in [5.41, 5.74) is 1.27. The van der Waals surface area contributed by atoms with Crippen LogP contribution in [0, 0.1) is 5.92 Å². The summed E-state index contributed by atoms with van der Waals surface area (Å²) in [6, 6.07) is 11.5. The van der Waals surface area contributed by atoms with Gasteiger partial charge < -0.3 is 14.7 Å². The Labute approximate surface area is 157 Å². The molecule has 4 rings (SSSR count). The molecule has 1 saturated carbocycles. The highest BCUT2D eigenvalue weighted by atomic mass is 32.2. The van der Waals surface area contributed by atoms with Gasteiger partial charge in [0.25, 0.3) is 10.0 Å². The summed E-state index contributed by atoms with van der Waals surface area (Å²) in [5.74, 6) is 1.01. The summed E-state index contributed by atoms with van der Waals surface area (Å²) in [6.45, 7) is 1.94. The van der Waals surface area contributed by atoms with E-state index in [1.807, 2.05) is 6.92 Å². The summed E-state index contributed by atoms with van der Waals surface area (Å²) < 4.78 is 33.7. The van der Waals surface area contributed by atoms with Gasteiger partial charge in [0.2, 0.25) is 0 Å². The van der Waals surface area contributed by atoms with Crippen molar-refractivity contribution in [3.05, 3.63) is 52.9 Å². The fraction of sp³-hybridized carbons (Fsp3) is 0.316. The summed E-state index contributed by atoms with van der Waals surface area (Å²) in [7, 11) is -2.23. The number of sulfonamides is 1. The Kier molecular flexibility index (Phi) is 4.22. The van der Waals surface area contributed by atoms with Crippen LogP contribution >= 0.6 is 0 Å². The van der Waals surface area contributed by atoms with Gasteiger partial charge in [0.1, 0.15) is 5.75 Å². The smallest absolute Gasteiger partial charge is 0.323 e. The van der Waals surface area contributed by atoms with Crippen molar-refractivity contribution < 1.29 is 13.2 Å². The van der Waals surface area contributed by atoms with Crippen molar-refractivity contribution in [2.75, 3.05) is 11.4 Å². The number of rotatable bonds is 6. The van der Waals surface area contributed by atoms with E-state index in [0.717, 1.165) is 12.8 Å². The van der Waals surface area contributed by atoms with Crippen molar-refractivity contribution in [2.24, 2.45) is 5.92 Å². The van der Waals surface area contributed by atoms with Crippen molar-refractivity contribution >= 4 is 26.7 Å². The third-order valence-corrected chi connectivity index (χ3v) is 6.96. The van der Waals surface area contributed by atoms with E-state index in [1.54, 1.807) is 37.4 Å². The summed E-state index contributed by atoms with van der Waals surface area (Å²) >= 11 is 0. The van der Waals surface area contributed by atoms with Crippen LogP contribution in [-0.2, 0) is 10.0 Å². The van der Waals surface area contributed by atoms with Crippen LogP contribution in [0.3, 0.4) is 0 Å². The number of fused-ring (bicyclic) bond motifs is 1. The maximum Gasteiger partial charge on any atom is 0.323 e. The molecule has 1 heterocycles. The molecule has 2 N–H and O–H groups in total. The number of hydrogen-bond donors (Lipinski definition) is 2. The molecule has 8 heteroatoms. The van der Waals surface area contributed by atoms with Gasteiger partial charge in [-0.05, 0) is 68.1 Å². The molecule has 7 nitrogen and oxygen atoms in total. The number of benzene rings is 2. The van der Waals surface area contributed by atoms with Gasteiger partial charge in [-0.15, -0.1) is 0 Å². The van der Waals surface area contributed by atoms with E-state index in [0.29, 0.717) is 28.4 Å². The third kappa shape index (κ3) is 3.21. The monoisotopic (exact) mass is 387 g/mol. The van der Waals surface area contributed by atoms with Gasteiger partial charge in [-0.2, -0.15) is 0 Å². The van der Waals surface area contributed by atoms with Gasteiger partial charge in [-0.3, -0.25) is 4.31 Å². The first-order chi connectivity index (χ1) is 12.9. The number of methoxy groups -OCH3 is 1. The summed E-state index contributed by atoms with van der Waals surface area (Å²) in [6.07, 6.45) is 2.04. The van der Waals surface area contributed by atoms with E-state index in [1.165, 1.54) is 16.4 Å². The average Bonchev–Trinajstić information content (AvgIpc) is 3.43. The Hall–Kier alpha value is -2.74. The zero-order valence-electron chi connectivity index (χ0n) is 15.1. The van der Waals surface area contributed by atoms with E-state index < -0.39 is 10.0 Å². The predicted octanol–water partition coefficient (Wildman–Crippen LogP) is 2.86. The molecule has 1 atom stereocenters. The van der Waals surface area contributed by atoms with Crippen LogP contribution in [0.4, 0.5) is 5.69 Å². The zero-order valence-corrected chi connectivity index (χ0v) is 15.9. The fourth-order valence-electron chi connectivity index (χ4n) is 3.38. The standard InChI is InChI=1S/C19H21N3O4S/c1-12(13-3-4-13)22(14-5-7-15(26-2)8-6-14)27(24,25)16-9-10-17-18(11-16)21-19(23)20-17/h5-13H,3-4H2,1-2H3,(H2,20,21,23)/t12-/m1/s1. The van der Waals surface area contributed by atoms with Crippen LogP contribution in [0.2, 0.25) is 0 Å². The largest absolute Gasteiger partial charge is 0.497 e. The molecule has 142 valence electrons. The Balaban J connectivity index is 1.81. The van der Waals surface area contributed by atoms with E-state index in [-0.39, 0.29) is 16.6 Å². The van der Waals surface area contributed by atoms with Gasteiger partial charge in [0.15, 0.2) is 0 Å². The molecular formula is C19H21N3O4S. The van der Waals surface area contributed by atoms with Gasteiger partial charge >= 0.3 is 5.69 Å².